The molecule has 0 aliphatic rings. The van der Waals surface area contributed by atoms with Crippen LogP contribution < -0.4 is 4.74 Å². The second kappa shape index (κ2) is 8.12. The number of ether oxygens (including phenoxy) is 2. The molecule has 26 heavy (non-hydrogen) atoms. The summed E-state index contributed by atoms with van der Waals surface area (Å²) >= 11 is 0. The van der Waals surface area contributed by atoms with Crippen LogP contribution >= 0.6 is 0 Å². The summed E-state index contributed by atoms with van der Waals surface area (Å²) in [5.41, 5.74) is 1.81. The molecule has 0 amide bonds. The molecule has 0 fully saturated rings. The fourth-order valence-electron chi connectivity index (χ4n) is 2.42. The minimum atomic E-state index is -0.415. The van der Waals surface area contributed by atoms with E-state index in [1.807, 2.05) is 12.1 Å². The van der Waals surface area contributed by atoms with Crippen LogP contribution in [0.3, 0.4) is 0 Å². The molecule has 4 heteroatoms. The molecule has 0 saturated carbocycles. The van der Waals surface area contributed by atoms with Gasteiger partial charge in [0, 0.05) is 0 Å². The van der Waals surface area contributed by atoms with Crippen LogP contribution in [0.2, 0.25) is 0 Å². The van der Waals surface area contributed by atoms with E-state index in [9.17, 15) is 9.59 Å². The van der Waals surface area contributed by atoms with E-state index in [4.69, 9.17) is 9.47 Å². The van der Waals surface area contributed by atoms with Gasteiger partial charge in [0.1, 0.15) is 11.9 Å². The summed E-state index contributed by atoms with van der Waals surface area (Å²) < 4.78 is 10.8. The molecular formula is C22H18O4. The number of benzene rings is 3. The van der Waals surface area contributed by atoms with Gasteiger partial charge in [-0.3, -0.25) is 0 Å². The van der Waals surface area contributed by atoms with Gasteiger partial charge in [-0.25, -0.2) is 9.59 Å². The van der Waals surface area contributed by atoms with Crippen molar-refractivity contribution in [3.8, 4) is 5.75 Å². The van der Waals surface area contributed by atoms with Crippen molar-refractivity contribution in [3.05, 3.63) is 102 Å². The molecule has 1 unspecified atom stereocenters. The van der Waals surface area contributed by atoms with E-state index in [0.29, 0.717) is 16.9 Å². The van der Waals surface area contributed by atoms with Crippen LogP contribution in [0.25, 0.3) is 0 Å². The Kier molecular flexibility index (Phi) is 5.44. The summed E-state index contributed by atoms with van der Waals surface area (Å²) in [6.07, 6.45) is -0.415. The van der Waals surface area contributed by atoms with Crippen molar-refractivity contribution in [3.63, 3.8) is 0 Å². The highest BCUT2D eigenvalue weighted by molar-refractivity contribution is 5.91. The Balaban J connectivity index is 1.62. The third kappa shape index (κ3) is 4.36. The molecule has 3 rings (SSSR count). The van der Waals surface area contributed by atoms with E-state index < -0.39 is 12.1 Å². The van der Waals surface area contributed by atoms with Gasteiger partial charge in [0.2, 0.25) is 0 Å². The molecule has 3 aromatic carbocycles. The van der Waals surface area contributed by atoms with Crippen molar-refractivity contribution in [1.82, 2.24) is 0 Å². The van der Waals surface area contributed by atoms with Crippen LogP contribution in [0.1, 0.15) is 39.3 Å². The van der Waals surface area contributed by atoms with E-state index in [-0.39, 0.29) is 5.97 Å². The Morgan fingerprint density at radius 2 is 1.19 bits per heavy atom. The van der Waals surface area contributed by atoms with Crippen molar-refractivity contribution < 1.29 is 19.1 Å². The lowest BCUT2D eigenvalue weighted by molar-refractivity contribution is 0.0338. The molecule has 130 valence electrons. The van der Waals surface area contributed by atoms with Gasteiger partial charge in [-0.15, -0.1) is 0 Å². The molecule has 0 saturated heterocycles. The largest absolute Gasteiger partial charge is 0.454 e. The zero-order chi connectivity index (χ0) is 18.4. The highest BCUT2D eigenvalue weighted by atomic mass is 16.5. The molecule has 0 N–H and O–H groups in total. The number of carbonyl (C=O) groups excluding carboxylic acids is 2. The lowest BCUT2D eigenvalue weighted by Crippen LogP contribution is -2.10. The average Bonchev–Trinajstić information content (AvgIpc) is 2.69. The minimum absolute atomic E-state index is 0.377. The predicted molar refractivity (Wildman–Crippen MR) is 98.1 cm³/mol. The molecule has 0 heterocycles. The number of carbonyl (C=O) groups is 2. The average molecular weight is 346 g/mol. The van der Waals surface area contributed by atoms with E-state index in [0.717, 1.165) is 5.56 Å². The molecular weight excluding hydrogens is 328 g/mol. The standard InChI is InChI=1S/C22H18O4/c1-16(25-21(23)18-8-4-2-5-9-18)17-12-14-20(15-13-17)26-22(24)19-10-6-3-7-11-19/h2-16H,1H3. The van der Waals surface area contributed by atoms with E-state index in [1.165, 1.54) is 0 Å². The third-order valence-corrected chi connectivity index (χ3v) is 3.86. The van der Waals surface area contributed by atoms with Crippen LogP contribution in [0.4, 0.5) is 0 Å². The lowest BCUT2D eigenvalue weighted by atomic mass is 10.1. The van der Waals surface area contributed by atoms with Crippen LogP contribution in [0.5, 0.6) is 5.75 Å². The summed E-state index contributed by atoms with van der Waals surface area (Å²) in [6.45, 7) is 1.80. The van der Waals surface area contributed by atoms with Gasteiger partial charge in [0.25, 0.3) is 0 Å². The van der Waals surface area contributed by atoms with E-state index >= 15 is 0 Å². The maximum atomic E-state index is 12.1. The molecule has 0 aliphatic heterocycles. The van der Waals surface area contributed by atoms with Gasteiger partial charge in [-0.2, -0.15) is 0 Å². The highest BCUT2D eigenvalue weighted by Gasteiger charge is 2.14. The highest BCUT2D eigenvalue weighted by Crippen LogP contribution is 2.22. The molecule has 0 radical (unpaired) electrons. The summed E-state index contributed by atoms with van der Waals surface area (Å²) in [5.74, 6) is -0.358. The Morgan fingerprint density at radius 1 is 0.692 bits per heavy atom. The topological polar surface area (TPSA) is 52.6 Å². The maximum Gasteiger partial charge on any atom is 0.343 e. The number of hydrogen-bond acceptors (Lipinski definition) is 4. The van der Waals surface area contributed by atoms with Crippen LogP contribution in [-0.4, -0.2) is 11.9 Å². The maximum absolute atomic E-state index is 12.1. The van der Waals surface area contributed by atoms with Gasteiger partial charge in [-0.05, 0) is 48.9 Å². The molecule has 3 aromatic rings. The van der Waals surface area contributed by atoms with Crippen molar-refractivity contribution >= 4 is 11.9 Å². The van der Waals surface area contributed by atoms with E-state index in [1.54, 1.807) is 79.7 Å². The SMILES string of the molecule is CC(OC(=O)c1ccccc1)c1ccc(OC(=O)c2ccccc2)cc1. The second-order valence-electron chi connectivity index (χ2n) is 5.74. The Labute approximate surface area is 152 Å². The van der Waals surface area contributed by atoms with Crippen LogP contribution in [0.15, 0.2) is 84.9 Å². The van der Waals surface area contributed by atoms with Gasteiger partial charge < -0.3 is 9.47 Å². The Morgan fingerprint density at radius 3 is 1.73 bits per heavy atom. The van der Waals surface area contributed by atoms with Crippen LogP contribution in [0, 0.1) is 0 Å². The van der Waals surface area contributed by atoms with Crippen LogP contribution in [-0.2, 0) is 4.74 Å². The number of rotatable bonds is 5. The van der Waals surface area contributed by atoms with E-state index in [2.05, 4.69) is 0 Å². The number of esters is 2. The van der Waals surface area contributed by atoms with Gasteiger partial charge in [0.15, 0.2) is 0 Å². The zero-order valence-corrected chi connectivity index (χ0v) is 14.3. The smallest absolute Gasteiger partial charge is 0.343 e. The third-order valence-electron chi connectivity index (χ3n) is 3.86. The normalized spacial score (nSPS) is 11.4. The zero-order valence-electron chi connectivity index (χ0n) is 14.3. The monoisotopic (exact) mass is 346 g/mol. The molecule has 0 aliphatic carbocycles. The summed E-state index contributed by atoms with van der Waals surface area (Å²) in [6, 6.07) is 24.5. The first-order valence-electron chi connectivity index (χ1n) is 8.27. The first kappa shape index (κ1) is 17.4. The molecule has 0 spiro atoms. The quantitative estimate of drug-likeness (QED) is 0.491. The summed E-state index contributed by atoms with van der Waals surface area (Å²) in [5, 5.41) is 0. The lowest BCUT2D eigenvalue weighted by Gasteiger charge is -2.14. The fraction of sp³-hybridized carbons (Fsp3) is 0.0909. The van der Waals surface area contributed by atoms with Crippen molar-refractivity contribution in [2.75, 3.05) is 0 Å². The summed E-state index contributed by atoms with van der Waals surface area (Å²) in [7, 11) is 0. The number of hydrogen-bond donors (Lipinski definition) is 0. The second-order valence-corrected chi connectivity index (χ2v) is 5.74. The first-order valence-corrected chi connectivity index (χ1v) is 8.27. The van der Waals surface area contributed by atoms with Gasteiger partial charge >= 0.3 is 11.9 Å². The Bertz CT molecular complexity index is 871. The molecule has 0 bridgehead atoms. The minimum Gasteiger partial charge on any atom is -0.454 e. The predicted octanol–water partition coefficient (Wildman–Crippen LogP) is 4.82. The van der Waals surface area contributed by atoms with Crippen molar-refractivity contribution in [2.24, 2.45) is 0 Å². The molecule has 0 aromatic heterocycles. The van der Waals surface area contributed by atoms with Gasteiger partial charge in [-0.1, -0.05) is 48.5 Å². The fourth-order valence-corrected chi connectivity index (χ4v) is 2.42. The van der Waals surface area contributed by atoms with Crippen molar-refractivity contribution in [2.45, 2.75) is 13.0 Å². The van der Waals surface area contributed by atoms with Gasteiger partial charge in [0.05, 0.1) is 11.1 Å². The Hall–Kier alpha value is -3.40. The molecule has 1 atom stereocenters. The van der Waals surface area contributed by atoms with Crippen molar-refractivity contribution in [1.29, 1.82) is 0 Å². The molecule has 4 nitrogen and oxygen atoms in total. The first-order chi connectivity index (χ1) is 12.6. The summed E-state index contributed by atoms with van der Waals surface area (Å²) in [4.78, 5) is 24.1.